The summed E-state index contributed by atoms with van der Waals surface area (Å²) in [6.07, 6.45) is 5.69. The van der Waals surface area contributed by atoms with Gasteiger partial charge in [-0.3, -0.25) is 0 Å². The second-order valence-electron chi connectivity index (χ2n) is 3.61. The summed E-state index contributed by atoms with van der Waals surface area (Å²) in [5, 5.41) is -0.346. The van der Waals surface area contributed by atoms with Gasteiger partial charge >= 0.3 is 0 Å². The third-order valence-electron chi connectivity index (χ3n) is 2.62. The fraction of sp³-hybridized carbons (Fsp3) is 0.778. The molecule has 0 aliphatic heterocycles. The summed E-state index contributed by atoms with van der Waals surface area (Å²) in [6, 6.07) is 0. The number of unbranched alkanes of at least 4 members (excludes halogenated alkanes) is 1. The van der Waals surface area contributed by atoms with Crippen molar-refractivity contribution in [1.82, 2.24) is 0 Å². The van der Waals surface area contributed by atoms with Crippen LogP contribution in [-0.2, 0) is 4.57 Å². The summed E-state index contributed by atoms with van der Waals surface area (Å²) in [6.45, 7) is 5.79. The predicted octanol–water partition coefficient (Wildman–Crippen LogP) is 2.21. The first-order valence-electron chi connectivity index (χ1n) is 4.60. The van der Waals surface area contributed by atoms with E-state index in [1.165, 1.54) is 0 Å². The molecule has 2 N–H and O–H groups in total. The normalized spacial score (nSPS) is 36.0. The maximum atomic E-state index is 11.7. The van der Waals surface area contributed by atoms with Gasteiger partial charge in [0.2, 0.25) is 0 Å². The summed E-state index contributed by atoms with van der Waals surface area (Å²) < 4.78 is 11.7. The molecule has 1 saturated carbocycles. The van der Waals surface area contributed by atoms with Crippen LogP contribution in [-0.4, -0.2) is 11.4 Å². The van der Waals surface area contributed by atoms with Gasteiger partial charge in [-0.15, -0.1) is 6.58 Å². The van der Waals surface area contributed by atoms with Crippen molar-refractivity contribution in [3.63, 3.8) is 0 Å². The molecule has 0 saturated heterocycles. The Bertz CT molecular complexity index is 205. The monoisotopic (exact) mass is 187 g/mol. The summed E-state index contributed by atoms with van der Waals surface area (Å²) in [7, 11) is -1.56. The van der Waals surface area contributed by atoms with Crippen LogP contribution < -0.4 is 5.73 Å². The molecule has 0 heterocycles. The third-order valence-corrected chi connectivity index (χ3v) is 5.04. The Kier molecular flexibility index (Phi) is 3.14. The lowest BCUT2D eigenvalue weighted by atomic mass is 10.4. The quantitative estimate of drug-likeness (QED) is 0.529. The average molecular weight is 187 g/mol. The van der Waals surface area contributed by atoms with Crippen LogP contribution in [0.2, 0.25) is 0 Å². The zero-order valence-corrected chi connectivity index (χ0v) is 8.68. The van der Waals surface area contributed by atoms with Crippen LogP contribution in [0, 0.1) is 5.92 Å². The second kappa shape index (κ2) is 3.76. The van der Waals surface area contributed by atoms with Crippen LogP contribution in [0.4, 0.5) is 0 Å². The highest BCUT2D eigenvalue weighted by Gasteiger charge is 2.53. The first-order chi connectivity index (χ1) is 5.65. The van der Waals surface area contributed by atoms with E-state index in [0.29, 0.717) is 5.92 Å². The Balaban J connectivity index is 2.38. The maximum absolute atomic E-state index is 11.7. The number of hydrogen-bond donors (Lipinski definition) is 1. The van der Waals surface area contributed by atoms with Crippen molar-refractivity contribution in [2.45, 2.75) is 31.5 Å². The standard InChI is InChI=1S/C9H18NOP/c1-3-5-6-12(11)9(10)7-8(9)4-2/h4,8,12H,2-3,5-7,10H2,1H3/t8-,9+/m1/s1. The van der Waals surface area contributed by atoms with Gasteiger partial charge in [-0.1, -0.05) is 19.4 Å². The van der Waals surface area contributed by atoms with Crippen LogP contribution in [0.15, 0.2) is 12.7 Å². The molecule has 12 heavy (non-hydrogen) atoms. The molecule has 3 atom stereocenters. The molecular formula is C9H18NOP. The fourth-order valence-electron chi connectivity index (χ4n) is 1.49. The minimum absolute atomic E-state index is 0.320. The van der Waals surface area contributed by atoms with Crippen LogP contribution in [0.1, 0.15) is 26.2 Å². The summed E-state index contributed by atoms with van der Waals surface area (Å²) >= 11 is 0. The smallest absolute Gasteiger partial charge is 0.0956 e. The molecule has 1 unspecified atom stereocenters. The topological polar surface area (TPSA) is 43.1 Å². The van der Waals surface area contributed by atoms with Crippen molar-refractivity contribution in [3.05, 3.63) is 12.7 Å². The molecule has 0 radical (unpaired) electrons. The fourth-order valence-corrected chi connectivity index (χ4v) is 3.61. The lowest BCUT2D eigenvalue weighted by Gasteiger charge is -2.09. The molecule has 3 heteroatoms. The highest BCUT2D eigenvalue weighted by Crippen LogP contribution is 2.58. The van der Waals surface area contributed by atoms with Crippen LogP contribution in [0.25, 0.3) is 0 Å². The van der Waals surface area contributed by atoms with Gasteiger partial charge in [0.25, 0.3) is 0 Å². The molecular weight excluding hydrogens is 169 g/mol. The predicted molar refractivity (Wildman–Crippen MR) is 54.0 cm³/mol. The Morgan fingerprint density at radius 3 is 2.92 bits per heavy atom. The number of hydrogen-bond acceptors (Lipinski definition) is 2. The van der Waals surface area contributed by atoms with Crippen molar-refractivity contribution in [3.8, 4) is 0 Å². The molecule has 1 aliphatic carbocycles. The zero-order chi connectivity index (χ0) is 9.19. The van der Waals surface area contributed by atoms with Crippen LogP contribution in [0.5, 0.6) is 0 Å². The first-order valence-corrected chi connectivity index (χ1v) is 6.21. The van der Waals surface area contributed by atoms with Gasteiger partial charge in [-0.2, -0.15) is 0 Å². The van der Waals surface area contributed by atoms with Crippen LogP contribution in [0.3, 0.4) is 0 Å². The van der Waals surface area contributed by atoms with Gasteiger partial charge in [0.05, 0.1) is 13.1 Å². The van der Waals surface area contributed by atoms with Gasteiger partial charge in [0, 0.05) is 12.1 Å². The highest BCUT2D eigenvalue weighted by atomic mass is 31.1. The zero-order valence-electron chi connectivity index (χ0n) is 7.68. The van der Waals surface area contributed by atoms with Gasteiger partial charge in [-0.25, -0.2) is 0 Å². The van der Waals surface area contributed by atoms with E-state index in [0.717, 1.165) is 25.4 Å². The average Bonchev–Trinajstić information content (AvgIpc) is 2.74. The molecule has 70 valence electrons. The van der Waals surface area contributed by atoms with Crippen molar-refractivity contribution >= 4 is 7.80 Å². The summed E-state index contributed by atoms with van der Waals surface area (Å²) in [5.41, 5.74) is 5.95. The van der Waals surface area contributed by atoms with Crippen LogP contribution >= 0.6 is 7.80 Å². The molecule has 0 aromatic carbocycles. The van der Waals surface area contributed by atoms with Gasteiger partial charge in [-0.05, 0) is 12.8 Å². The molecule has 0 aromatic rings. The van der Waals surface area contributed by atoms with E-state index >= 15 is 0 Å². The summed E-state index contributed by atoms with van der Waals surface area (Å²) in [4.78, 5) is 0. The maximum Gasteiger partial charge on any atom is 0.0956 e. The minimum atomic E-state index is -1.56. The molecule has 0 aromatic heterocycles. The highest BCUT2D eigenvalue weighted by molar-refractivity contribution is 7.47. The van der Waals surface area contributed by atoms with Gasteiger partial charge < -0.3 is 10.3 Å². The lowest BCUT2D eigenvalue weighted by molar-refractivity contribution is 0.573. The largest absolute Gasteiger partial charge is 0.325 e. The second-order valence-corrected chi connectivity index (χ2v) is 5.89. The Morgan fingerprint density at radius 2 is 2.50 bits per heavy atom. The molecule has 0 amide bonds. The third kappa shape index (κ3) is 1.81. The molecule has 0 bridgehead atoms. The van der Waals surface area contributed by atoms with Crippen molar-refractivity contribution < 1.29 is 4.57 Å². The van der Waals surface area contributed by atoms with Crippen molar-refractivity contribution in [2.75, 3.05) is 6.16 Å². The van der Waals surface area contributed by atoms with E-state index in [-0.39, 0.29) is 5.28 Å². The Labute approximate surface area is 75.0 Å². The van der Waals surface area contributed by atoms with E-state index in [2.05, 4.69) is 13.5 Å². The number of nitrogens with two attached hydrogens (primary N) is 1. The summed E-state index contributed by atoms with van der Waals surface area (Å²) in [5.74, 6) is 0.320. The van der Waals surface area contributed by atoms with E-state index in [4.69, 9.17) is 5.73 Å². The number of rotatable bonds is 5. The molecule has 1 rings (SSSR count). The van der Waals surface area contributed by atoms with Crippen molar-refractivity contribution in [1.29, 1.82) is 0 Å². The van der Waals surface area contributed by atoms with E-state index in [9.17, 15) is 4.57 Å². The lowest BCUT2D eigenvalue weighted by Crippen LogP contribution is -2.20. The van der Waals surface area contributed by atoms with E-state index < -0.39 is 7.80 Å². The minimum Gasteiger partial charge on any atom is -0.325 e. The Hall–Kier alpha value is -0.0700. The van der Waals surface area contributed by atoms with E-state index in [1.54, 1.807) is 0 Å². The SMILES string of the molecule is C=C[C@@H]1C[C@]1(N)[PH](=O)CCCC. The molecule has 1 fully saturated rings. The van der Waals surface area contributed by atoms with E-state index in [1.807, 2.05) is 6.08 Å². The van der Waals surface area contributed by atoms with Gasteiger partial charge in [0.15, 0.2) is 0 Å². The molecule has 0 spiro atoms. The molecule has 2 nitrogen and oxygen atoms in total. The first kappa shape index (κ1) is 10.0. The van der Waals surface area contributed by atoms with Gasteiger partial charge in [0.1, 0.15) is 0 Å². The van der Waals surface area contributed by atoms with Crippen molar-refractivity contribution in [2.24, 2.45) is 11.7 Å². The Morgan fingerprint density at radius 1 is 1.83 bits per heavy atom. The molecule has 1 aliphatic rings.